The van der Waals surface area contributed by atoms with Crippen molar-refractivity contribution in [1.29, 1.82) is 0 Å². The van der Waals surface area contributed by atoms with E-state index in [1.165, 1.54) is 0 Å². The summed E-state index contributed by atoms with van der Waals surface area (Å²) < 4.78 is 7.57. The third-order valence-electron chi connectivity index (χ3n) is 2.85. The van der Waals surface area contributed by atoms with Crippen LogP contribution in [-0.4, -0.2) is 46.7 Å². The van der Waals surface area contributed by atoms with Gasteiger partial charge in [-0.1, -0.05) is 0 Å². The molecule has 0 spiro atoms. The topological polar surface area (TPSA) is 43.2 Å². The third-order valence-corrected chi connectivity index (χ3v) is 2.85. The van der Waals surface area contributed by atoms with E-state index in [2.05, 4.69) is 29.0 Å². The molecule has 0 radical (unpaired) electrons. The van der Waals surface area contributed by atoms with Crippen LogP contribution < -0.4 is 4.74 Å². The van der Waals surface area contributed by atoms with Gasteiger partial charge in [0.15, 0.2) is 0 Å². The molecule has 19 heavy (non-hydrogen) atoms. The van der Waals surface area contributed by atoms with E-state index < -0.39 is 0 Å². The Kier molecular flexibility index (Phi) is 4.52. The van der Waals surface area contributed by atoms with E-state index in [9.17, 15) is 0 Å². The molecule has 0 aromatic carbocycles. The zero-order chi connectivity index (χ0) is 13.7. The summed E-state index contributed by atoms with van der Waals surface area (Å²) in [4.78, 5) is 10.6. The lowest BCUT2D eigenvalue weighted by Crippen LogP contribution is -2.15. The summed E-state index contributed by atoms with van der Waals surface area (Å²) in [5.41, 5.74) is 2.09. The maximum atomic E-state index is 5.60. The molecule has 0 aliphatic carbocycles. The molecule has 0 saturated heterocycles. The minimum Gasteiger partial charge on any atom is -0.478 e. The average Bonchev–Trinajstić information content (AvgIpc) is 2.81. The van der Waals surface area contributed by atoms with Crippen molar-refractivity contribution >= 4 is 0 Å². The van der Waals surface area contributed by atoms with E-state index in [0.29, 0.717) is 12.5 Å². The van der Waals surface area contributed by atoms with Gasteiger partial charge in [-0.25, -0.2) is 9.97 Å². The van der Waals surface area contributed by atoms with Gasteiger partial charge in [-0.3, -0.25) is 0 Å². The zero-order valence-electron chi connectivity index (χ0n) is 11.7. The molecule has 0 saturated carbocycles. The fourth-order valence-electron chi connectivity index (χ4n) is 1.81. The maximum Gasteiger partial charge on any atom is 0.213 e. The van der Waals surface area contributed by atoms with Gasteiger partial charge in [0.2, 0.25) is 5.88 Å². The second-order valence-corrected chi connectivity index (χ2v) is 4.78. The van der Waals surface area contributed by atoms with E-state index in [-0.39, 0.29) is 0 Å². The fraction of sp³-hybridized carbons (Fsp3) is 0.429. The normalized spacial score (nSPS) is 10.9. The van der Waals surface area contributed by atoms with Gasteiger partial charge in [0, 0.05) is 31.4 Å². The van der Waals surface area contributed by atoms with Crippen LogP contribution in [0.15, 0.2) is 30.9 Å². The molecule has 0 N–H and O–H groups in total. The van der Waals surface area contributed by atoms with Crippen LogP contribution in [0, 0.1) is 0 Å². The average molecular weight is 260 g/mol. The number of pyridine rings is 1. The van der Waals surface area contributed by atoms with Crippen LogP contribution in [0.3, 0.4) is 0 Å². The maximum absolute atomic E-state index is 5.60. The number of aryl methyl sites for hydroxylation is 1. The van der Waals surface area contributed by atoms with Gasteiger partial charge in [0.1, 0.15) is 0 Å². The molecule has 2 aromatic rings. The zero-order valence-corrected chi connectivity index (χ0v) is 11.7. The fourth-order valence-corrected chi connectivity index (χ4v) is 1.81. The minimum absolute atomic E-state index is 0.671. The smallest absolute Gasteiger partial charge is 0.213 e. The Morgan fingerprint density at radius 3 is 2.68 bits per heavy atom. The molecule has 102 valence electrons. The highest BCUT2D eigenvalue weighted by Crippen LogP contribution is 2.19. The Morgan fingerprint density at radius 1 is 1.26 bits per heavy atom. The first-order valence-corrected chi connectivity index (χ1v) is 6.37. The molecule has 0 unspecified atom stereocenters. The summed E-state index contributed by atoms with van der Waals surface area (Å²) in [7, 11) is 6.08. The molecule has 0 fully saturated rings. The van der Waals surface area contributed by atoms with Crippen LogP contribution in [0.25, 0.3) is 11.3 Å². The Balaban J connectivity index is 1.90. The first-order chi connectivity index (χ1) is 9.16. The van der Waals surface area contributed by atoms with Crippen molar-refractivity contribution in [2.75, 3.05) is 27.2 Å². The SMILES string of the molecule is CN(C)CCCOc1ccc(-c2cncn2C)cn1. The highest BCUT2D eigenvalue weighted by molar-refractivity contribution is 5.57. The van der Waals surface area contributed by atoms with E-state index in [1.54, 1.807) is 6.33 Å². The number of ether oxygens (including phenoxy) is 1. The van der Waals surface area contributed by atoms with Crippen LogP contribution in [0.2, 0.25) is 0 Å². The van der Waals surface area contributed by atoms with E-state index in [1.807, 2.05) is 36.1 Å². The van der Waals surface area contributed by atoms with Gasteiger partial charge in [-0.05, 0) is 26.6 Å². The molecule has 2 rings (SSSR count). The van der Waals surface area contributed by atoms with Crippen LogP contribution in [-0.2, 0) is 7.05 Å². The number of nitrogens with zero attached hydrogens (tertiary/aromatic N) is 4. The lowest BCUT2D eigenvalue weighted by atomic mass is 10.2. The van der Waals surface area contributed by atoms with E-state index in [4.69, 9.17) is 4.74 Å². The van der Waals surface area contributed by atoms with Gasteiger partial charge >= 0.3 is 0 Å². The predicted molar refractivity (Wildman–Crippen MR) is 75.1 cm³/mol. The summed E-state index contributed by atoms with van der Waals surface area (Å²) in [6.07, 6.45) is 6.42. The van der Waals surface area contributed by atoms with Crippen molar-refractivity contribution in [3.8, 4) is 17.1 Å². The summed E-state index contributed by atoms with van der Waals surface area (Å²) in [6.45, 7) is 1.71. The summed E-state index contributed by atoms with van der Waals surface area (Å²) >= 11 is 0. The van der Waals surface area contributed by atoms with Crippen LogP contribution in [0.4, 0.5) is 0 Å². The Morgan fingerprint density at radius 2 is 2.11 bits per heavy atom. The predicted octanol–water partition coefficient (Wildman–Crippen LogP) is 1.81. The van der Waals surface area contributed by atoms with Crippen molar-refractivity contribution < 1.29 is 4.74 Å². The van der Waals surface area contributed by atoms with Crippen molar-refractivity contribution in [2.45, 2.75) is 6.42 Å². The monoisotopic (exact) mass is 260 g/mol. The molecule has 2 aromatic heterocycles. The quantitative estimate of drug-likeness (QED) is 0.743. The Hall–Kier alpha value is -1.88. The van der Waals surface area contributed by atoms with Crippen LogP contribution >= 0.6 is 0 Å². The summed E-state index contributed by atoms with van der Waals surface area (Å²) in [5.74, 6) is 0.671. The first-order valence-electron chi connectivity index (χ1n) is 6.37. The molecule has 0 atom stereocenters. The molecule has 5 nitrogen and oxygen atoms in total. The number of imidazole rings is 1. The van der Waals surface area contributed by atoms with Crippen molar-refractivity contribution in [3.05, 3.63) is 30.9 Å². The number of hydrogen-bond donors (Lipinski definition) is 0. The summed E-state index contributed by atoms with van der Waals surface area (Å²) in [6, 6.07) is 3.91. The second kappa shape index (κ2) is 6.33. The van der Waals surface area contributed by atoms with Crippen LogP contribution in [0.1, 0.15) is 6.42 Å². The number of hydrogen-bond acceptors (Lipinski definition) is 4. The lowest BCUT2D eigenvalue weighted by molar-refractivity contribution is 0.273. The molecular weight excluding hydrogens is 240 g/mol. The molecule has 5 heteroatoms. The highest BCUT2D eigenvalue weighted by atomic mass is 16.5. The first kappa shape index (κ1) is 13.5. The molecular formula is C14H20N4O. The largest absolute Gasteiger partial charge is 0.478 e. The van der Waals surface area contributed by atoms with Crippen LogP contribution in [0.5, 0.6) is 5.88 Å². The standard InChI is InChI=1S/C14H20N4O/c1-17(2)7-4-8-19-14-6-5-12(9-16-14)13-10-15-11-18(13)3/h5-6,9-11H,4,7-8H2,1-3H3. The molecule has 0 aliphatic rings. The second-order valence-electron chi connectivity index (χ2n) is 4.78. The van der Waals surface area contributed by atoms with Gasteiger partial charge in [-0.2, -0.15) is 0 Å². The summed E-state index contributed by atoms with van der Waals surface area (Å²) in [5, 5.41) is 0. The van der Waals surface area contributed by atoms with Gasteiger partial charge in [0.05, 0.1) is 24.8 Å². The van der Waals surface area contributed by atoms with E-state index in [0.717, 1.165) is 24.2 Å². The Labute approximate surface area is 113 Å². The van der Waals surface area contributed by atoms with E-state index >= 15 is 0 Å². The van der Waals surface area contributed by atoms with Crippen molar-refractivity contribution in [3.63, 3.8) is 0 Å². The molecule has 2 heterocycles. The molecule has 0 amide bonds. The number of aromatic nitrogens is 3. The minimum atomic E-state index is 0.671. The Bertz CT molecular complexity index is 504. The highest BCUT2D eigenvalue weighted by Gasteiger charge is 2.03. The van der Waals surface area contributed by atoms with Crippen molar-refractivity contribution in [2.24, 2.45) is 7.05 Å². The number of rotatable bonds is 6. The van der Waals surface area contributed by atoms with Gasteiger partial charge in [0.25, 0.3) is 0 Å². The third kappa shape index (κ3) is 3.79. The van der Waals surface area contributed by atoms with Gasteiger partial charge in [-0.15, -0.1) is 0 Å². The van der Waals surface area contributed by atoms with Gasteiger partial charge < -0.3 is 14.2 Å². The lowest BCUT2D eigenvalue weighted by Gasteiger charge is -2.10. The molecule has 0 aliphatic heterocycles. The van der Waals surface area contributed by atoms with Crippen molar-refractivity contribution in [1.82, 2.24) is 19.4 Å². The molecule has 0 bridgehead atoms.